The predicted octanol–water partition coefficient (Wildman–Crippen LogP) is 3.29. The average Bonchev–Trinajstić information content (AvgIpc) is 3.04. The van der Waals surface area contributed by atoms with E-state index >= 15 is 0 Å². The number of amides is 1. The number of nitrogens with one attached hydrogen (secondary N) is 1. The zero-order chi connectivity index (χ0) is 16.9. The maximum Gasteiger partial charge on any atom is 0.273 e. The summed E-state index contributed by atoms with van der Waals surface area (Å²) in [5.74, 6) is -0.351. The highest BCUT2D eigenvalue weighted by atomic mass is 32.1. The topological polar surface area (TPSA) is 98.0 Å². The van der Waals surface area contributed by atoms with Gasteiger partial charge in [0.2, 0.25) is 5.91 Å². The van der Waals surface area contributed by atoms with Crippen LogP contribution in [0.5, 0.6) is 0 Å². The molecule has 0 spiro atoms. The molecule has 120 valence electrons. The first-order chi connectivity index (χ1) is 11.6. The first-order valence-corrected chi connectivity index (χ1v) is 7.89. The summed E-state index contributed by atoms with van der Waals surface area (Å²) in [7, 11) is 0. The van der Waals surface area contributed by atoms with Gasteiger partial charge in [0.15, 0.2) is 5.13 Å². The molecule has 0 aliphatic heterocycles. The highest BCUT2D eigenvalue weighted by Gasteiger charge is 2.16. The third-order valence-electron chi connectivity index (χ3n) is 3.25. The number of carbonyl (C=O) groups excluding carboxylic acids is 1. The largest absolute Gasteiger partial charge is 0.302 e. The van der Waals surface area contributed by atoms with E-state index in [0.717, 1.165) is 5.56 Å². The summed E-state index contributed by atoms with van der Waals surface area (Å²) in [6.07, 6.45) is 3.28. The number of rotatable bonds is 5. The van der Waals surface area contributed by atoms with Gasteiger partial charge in [-0.05, 0) is 12.1 Å². The Morgan fingerprint density at radius 2 is 2.08 bits per heavy atom. The SMILES string of the molecule is O=C(Cc1ccccc1[N+](=O)[O-])Nc1nc(-c2cccnc2)cs1. The van der Waals surface area contributed by atoms with Gasteiger partial charge in [-0.2, -0.15) is 0 Å². The zero-order valence-electron chi connectivity index (χ0n) is 12.4. The number of nitro benzene ring substituents is 1. The molecule has 3 aromatic rings. The van der Waals surface area contributed by atoms with E-state index in [0.29, 0.717) is 16.4 Å². The fourth-order valence-electron chi connectivity index (χ4n) is 2.15. The fraction of sp³-hybridized carbons (Fsp3) is 0.0625. The fourth-order valence-corrected chi connectivity index (χ4v) is 2.89. The van der Waals surface area contributed by atoms with Gasteiger partial charge >= 0.3 is 0 Å². The second kappa shape index (κ2) is 6.97. The Balaban J connectivity index is 1.70. The molecule has 0 saturated heterocycles. The summed E-state index contributed by atoms with van der Waals surface area (Å²) in [4.78, 5) is 31.0. The lowest BCUT2D eigenvalue weighted by molar-refractivity contribution is -0.385. The number of carbonyl (C=O) groups is 1. The van der Waals surface area contributed by atoms with Crippen molar-refractivity contribution in [2.75, 3.05) is 5.32 Å². The quantitative estimate of drug-likeness (QED) is 0.567. The molecule has 2 aromatic heterocycles. The van der Waals surface area contributed by atoms with Crippen molar-refractivity contribution in [1.29, 1.82) is 0 Å². The molecule has 1 N–H and O–H groups in total. The number of aromatic nitrogens is 2. The number of hydrogen-bond acceptors (Lipinski definition) is 6. The van der Waals surface area contributed by atoms with E-state index in [4.69, 9.17) is 0 Å². The second-order valence-corrected chi connectivity index (χ2v) is 5.75. The maximum atomic E-state index is 12.1. The van der Waals surface area contributed by atoms with Crippen LogP contribution >= 0.6 is 11.3 Å². The van der Waals surface area contributed by atoms with Crippen molar-refractivity contribution in [3.05, 3.63) is 69.8 Å². The van der Waals surface area contributed by atoms with Crippen molar-refractivity contribution >= 4 is 28.1 Å². The third-order valence-corrected chi connectivity index (χ3v) is 4.00. The number of thiazole rings is 1. The molecule has 7 nitrogen and oxygen atoms in total. The van der Waals surface area contributed by atoms with Gasteiger partial charge in [-0.25, -0.2) is 4.98 Å². The van der Waals surface area contributed by atoms with Crippen LogP contribution in [0.4, 0.5) is 10.8 Å². The van der Waals surface area contributed by atoms with Gasteiger partial charge in [0.05, 0.1) is 17.0 Å². The molecule has 3 rings (SSSR count). The van der Waals surface area contributed by atoms with Crippen LogP contribution in [0.3, 0.4) is 0 Å². The summed E-state index contributed by atoms with van der Waals surface area (Å²) in [6, 6.07) is 9.87. The van der Waals surface area contributed by atoms with Crippen LogP contribution in [-0.4, -0.2) is 20.8 Å². The molecule has 1 aromatic carbocycles. The van der Waals surface area contributed by atoms with Crippen molar-refractivity contribution < 1.29 is 9.72 Å². The van der Waals surface area contributed by atoms with Gasteiger partial charge in [0, 0.05) is 35.0 Å². The standard InChI is InChI=1S/C16H12N4O3S/c21-15(8-11-4-1-2-6-14(11)20(22)23)19-16-18-13(10-24-16)12-5-3-7-17-9-12/h1-7,9-10H,8H2,(H,18,19,21). The first-order valence-electron chi connectivity index (χ1n) is 7.01. The highest BCUT2D eigenvalue weighted by molar-refractivity contribution is 7.14. The highest BCUT2D eigenvalue weighted by Crippen LogP contribution is 2.24. The Morgan fingerprint density at radius 3 is 2.83 bits per heavy atom. The average molecular weight is 340 g/mol. The van der Waals surface area contributed by atoms with Crippen LogP contribution < -0.4 is 5.32 Å². The molecule has 1 amide bonds. The second-order valence-electron chi connectivity index (χ2n) is 4.89. The number of anilines is 1. The number of nitrogens with zero attached hydrogens (tertiary/aromatic N) is 3. The van der Waals surface area contributed by atoms with Crippen LogP contribution in [0.15, 0.2) is 54.2 Å². The molecule has 24 heavy (non-hydrogen) atoms. The monoisotopic (exact) mass is 340 g/mol. The lowest BCUT2D eigenvalue weighted by Gasteiger charge is -2.03. The molecule has 2 heterocycles. The number of nitro groups is 1. The molecule has 0 bridgehead atoms. The molecular formula is C16H12N4O3S. The zero-order valence-corrected chi connectivity index (χ0v) is 13.2. The minimum Gasteiger partial charge on any atom is -0.302 e. The minimum absolute atomic E-state index is 0.0668. The van der Waals surface area contributed by atoms with E-state index in [1.807, 2.05) is 17.5 Å². The number of pyridine rings is 1. The van der Waals surface area contributed by atoms with Crippen molar-refractivity contribution in [1.82, 2.24) is 9.97 Å². The molecule has 0 atom stereocenters. The third kappa shape index (κ3) is 3.61. The van der Waals surface area contributed by atoms with E-state index in [2.05, 4.69) is 15.3 Å². The summed E-state index contributed by atoms with van der Waals surface area (Å²) in [5, 5.41) is 15.9. The van der Waals surface area contributed by atoms with Gasteiger partial charge in [-0.1, -0.05) is 18.2 Å². The van der Waals surface area contributed by atoms with E-state index in [9.17, 15) is 14.9 Å². The molecule has 0 aliphatic rings. The Labute approximate surface area is 141 Å². The Bertz CT molecular complexity index is 880. The van der Waals surface area contributed by atoms with Crippen LogP contribution in [0, 0.1) is 10.1 Å². The number of benzene rings is 1. The van der Waals surface area contributed by atoms with Crippen LogP contribution in [0.1, 0.15) is 5.56 Å². The summed E-state index contributed by atoms with van der Waals surface area (Å²) in [6.45, 7) is 0. The lowest BCUT2D eigenvalue weighted by Crippen LogP contribution is -2.15. The van der Waals surface area contributed by atoms with Gasteiger partial charge in [-0.3, -0.25) is 19.9 Å². The summed E-state index contributed by atoms with van der Waals surface area (Å²) >= 11 is 1.29. The van der Waals surface area contributed by atoms with E-state index in [1.165, 1.54) is 17.4 Å². The lowest BCUT2D eigenvalue weighted by atomic mass is 10.1. The van der Waals surface area contributed by atoms with Crippen molar-refractivity contribution in [2.45, 2.75) is 6.42 Å². The van der Waals surface area contributed by atoms with Crippen LogP contribution in [0.2, 0.25) is 0 Å². The molecule has 8 heteroatoms. The predicted molar refractivity (Wildman–Crippen MR) is 90.8 cm³/mol. The van der Waals surface area contributed by atoms with Crippen molar-refractivity contribution in [3.63, 3.8) is 0 Å². The Hall–Kier alpha value is -3.13. The maximum absolute atomic E-state index is 12.1. The Morgan fingerprint density at radius 1 is 1.25 bits per heavy atom. The first kappa shape index (κ1) is 15.8. The van der Waals surface area contributed by atoms with Gasteiger partial charge < -0.3 is 5.32 Å². The van der Waals surface area contributed by atoms with Crippen LogP contribution in [0.25, 0.3) is 11.3 Å². The number of hydrogen-bond donors (Lipinski definition) is 1. The molecule has 0 unspecified atom stereocenters. The molecule has 0 saturated carbocycles. The van der Waals surface area contributed by atoms with Gasteiger partial charge in [0.1, 0.15) is 0 Å². The smallest absolute Gasteiger partial charge is 0.273 e. The summed E-state index contributed by atoms with van der Waals surface area (Å²) in [5.41, 5.74) is 1.87. The molecule has 0 radical (unpaired) electrons. The van der Waals surface area contributed by atoms with Crippen molar-refractivity contribution in [2.24, 2.45) is 0 Å². The Kier molecular flexibility index (Phi) is 4.57. The van der Waals surface area contributed by atoms with E-state index in [1.54, 1.807) is 30.6 Å². The number of para-hydroxylation sites is 1. The van der Waals surface area contributed by atoms with Gasteiger partial charge in [-0.15, -0.1) is 11.3 Å². The summed E-state index contributed by atoms with van der Waals surface area (Å²) < 4.78 is 0. The molecule has 0 aliphatic carbocycles. The van der Waals surface area contributed by atoms with Gasteiger partial charge in [0.25, 0.3) is 5.69 Å². The minimum atomic E-state index is -0.494. The molecular weight excluding hydrogens is 328 g/mol. The van der Waals surface area contributed by atoms with E-state index in [-0.39, 0.29) is 18.0 Å². The van der Waals surface area contributed by atoms with Crippen LogP contribution in [-0.2, 0) is 11.2 Å². The van der Waals surface area contributed by atoms with E-state index < -0.39 is 4.92 Å². The molecule has 0 fully saturated rings. The van der Waals surface area contributed by atoms with Crippen molar-refractivity contribution in [3.8, 4) is 11.3 Å². The normalized spacial score (nSPS) is 10.3.